The van der Waals surface area contributed by atoms with Gasteiger partial charge >= 0.3 is 7.82 Å². The zero-order valence-electron chi connectivity index (χ0n) is 17.0. The van der Waals surface area contributed by atoms with Crippen molar-refractivity contribution < 1.29 is 38.2 Å². The summed E-state index contributed by atoms with van der Waals surface area (Å²) in [6, 6.07) is 11.8. The van der Waals surface area contributed by atoms with Crippen molar-refractivity contribution in [3.8, 4) is 23.0 Å². The molecule has 0 bridgehead atoms. The lowest BCUT2D eigenvalue weighted by Crippen LogP contribution is -1.97. The first-order valence-electron chi connectivity index (χ1n) is 8.69. The molecule has 30 heavy (non-hydrogen) atoms. The third-order valence-electron chi connectivity index (χ3n) is 4.17. The number of hydrogen-bond donors (Lipinski definition) is 3. The number of ether oxygens (including phenoxy) is 4. The summed E-state index contributed by atoms with van der Waals surface area (Å²) in [6.07, 6.45) is 2.48. The Morgan fingerprint density at radius 3 is 1.90 bits per heavy atom. The van der Waals surface area contributed by atoms with Crippen LogP contribution in [0.2, 0.25) is 0 Å². The molecule has 3 N–H and O–H groups in total. The van der Waals surface area contributed by atoms with E-state index in [-0.39, 0.29) is 0 Å². The van der Waals surface area contributed by atoms with E-state index in [2.05, 4.69) is 4.98 Å². The van der Waals surface area contributed by atoms with Crippen LogP contribution in [0.5, 0.6) is 23.0 Å². The predicted octanol–water partition coefficient (Wildman–Crippen LogP) is 2.93. The van der Waals surface area contributed by atoms with Crippen molar-refractivity contribution in [1.29, 1.82) is 0 Å². The molecule has 9 nitrogen and oxygen atoms in total. The summed E-state index contributed by atoms with van der Waals surface area (Å²) in [5.74, 6) is 2.82. The van der Waals surface area contributed by atoms with Crippen molar-refractivity contribution in [3.05, 3.63) is 53.9 Å². The predicted molar refractivity (Wildman–Crippen MR) is 111 cm³/mol. The van der Waals surface area contributed by atoms with E-state index in [1.807, 2.05) is 42.6 Å². The molecule has 0 saturated carbocycles. The number of pyridine rings is 1. The van der Waals surface area contributed by atoms with E-state index < -0.39 is 7.82 Å². The second-order valence-corrected chi connectivity index (χ2v) is 7.09. The van der Waals surface area contributed by atoms with Crippen molar-refractivity contribution in [2.45, 2.75) is 6.42 Å². The van der Waals surface area contributed by atoms with Crippen molar-refractivity contribution in [3.63, 3.8) is 0 Å². The van der Waals surface area contributed by atoms with Gasteiger partial charge in [-0.2, -0.15) is 0 Å². The topological polar surface area (TPSA) is 128 Å². The molecule has 0 aliphatic heterocycles. The normalized spacial score (nSPS) is 10.8. The molecule has 0 spiro atoms. The molecule has 10 heteroatoms. The summed E-state index contributed by atoms with van der Waals surface area (Å²) in [4.78, 5) is 26.1. The van der Waals surface area contributed by atoms with Crippen molar-refractivity contribution in [1.82, 2.24) is 4.98 Å². The zero-order chi connectivity index (χ0) is 22.3. The van der Waals surface area contributed by atoms with Crippen LogP contribution < -0.4 is 18.9 Å². The highest BCUT2D eigenvalue weighted by molar-refractivity contribution is 7.45. The van der Waals surface area contributed by atoms with Crippen LogP contribution in [0.3, 0.4) is 0 Å². The monoisotopic (exact) mass is 437 g/mol. The molecule has 2 aromatic carbocycles. The van der Waals surface area contributed by atoms with Crippen LogP contribution in [-0.2, 0) is 11.0 Å². The number of aromatic nitrogens is 1. The van der Waals surface area contributed by atoms with Crippen LogP contribution >= 0.6 is 7.82 Å². The summed E-state index contributed by atoms with van der Waals surface area (Å²) in [5, 5.41) is 2.10. The zero-order valence-corrected chi connectivity index (χ0v) is 17.9. The summed E-state index contributed by atoms with van der Waals surface area (Å²) >= 11 is 0. The standard InChI is InChI=1S/C20H21NO4.H3O4P/c1-22-17-6-5-13(10-18(17)23-2)9-16-15-12-20(25-4)19(24-3)11-14(15)7-8-21-16;1-5(2,3)4/h5-8,10-12H,9H2,1-4H3;(H3,1,2,3,4). The van der Waals surface area contributed by atoms with Crippen molar-refractivity contribution in [2.24, 2.45) is 0 Å². The Balaban J connectivity index is 0.000000575. The summed E-state index contributed by atoms with van der Waals surface area (Å²) in [6.45, 7) is 0. The number of rotatable bonds is 6. The summed E-state index contributed by atoms with van der Waals surface area (Å²) < 4.78 is 30.4. The van der Waals surface area contributed by atoms with E-state index >= 15 is 0 Å². The fourth-order valence-electron chi connectivity index (χ4n) is 2.88. The second kappa shape index (κ2) is 10.3. The van der Waals surface area contributed by atoms with Gasteiger partial charge in [0.1, 0.15) is 0 Å². The smallest absolute Gasteiger partial charge is 0.466 e. The number of methoxy groups -OCH3 is 4. The number of hydrogen-bond acceptors (Lipinski definition) is 6. The van der Waals surface area contributed by atoms with Gasteiger partial charge in [0.25, 0.3) is 0 Å². The Labute approximate surface area is 174 Å². The molecule has 3 rings (SSSR count). The Morgan fingerprint density at radius 2 is 1.33 bits per heavy atom. The Hall–Kier alpha value is -2.84. The maximum absolute atomic E-state index is 8.88. The van der Waals surface area contributed by atoms with Gasteiger partial charge in [-0.1, -0.05) is 6.07 Å². The highest BCUT2D eigenvalue weighted by Gasteiger charge is 2.12. The maximum atomic E-state index is 8.88. The summed E-state index contributed by atoms with van der Waals surface area (Å²) in [7, 11) is 1.89. The van der Waals surface area contributed by atoms with Gasteiger partial charge in [-0.05, 0) is 41.3 Å². The van der Waals surface area contributed by atoms with Gasteiger partial charge < -0.3 is 33.6 Å². The Morgan fingerprint density at radius 1 is 0.800 bits per heavy atom. The van der Waals surface area contributed by atoms with E-state index in [0.29, 0.717) is 29.4 Å². The quantitative estimate of drug-likeness (QED) is 0.499. The molecule has 0 aliphatic carbocycles. The third-order valence-corrected chi connectivity index (χ3v) is 4.17. The van der Waals surface area contributed by atoms with E-state index in [4.69, 9.17) is 38.2 Å². The number of benzene rings is 2. The molecule has 0 unspecified atom stereocenters. The van der Waals surface area contributed by atoms with Gasteiger partial charge in [0.2, 0.25) is 0 Å². The molecule has 0 fully saturated rings. The third kappa shape index (κ3) is 6.33. The number of fused-ring (bicyclic) bond motifs is 1. The lowest BCUT2D eigenvalue weighted by atomic mass is 10.0. The van der Waals surface area contributed by atoms with Gasteiger partial charge in [0.05, 0.1) is 34.1 Å². The van der Waals surface area contributed by atoms with Crippen molar-refractivity contribution in [2.75, 3.05) is 28.4 Å². The van der Waals surface area contributed by atoms with Crippen LogP contribution in [0.15, 0.2) is 42.6 Å². The molecule has 0 amide bonds. The number of nitrogens with zero attached hydrogens (tertiary/aromatic N) is 1. The Kier molecular flexibility index (Phi) is 8.02. The minimum atomic E-state index is -4.64. The SMILES string of the molecule is COc1ccc(Cc2nccc3cc(OC)c(OC)cc23)cc1OC.O=P(O)(O)O. The van der Waals surface area contributed by atoms with Crippen LogP contribution in [0.25, 0.3) is 10.8 Å². The van der Waals surface area contributed by atoms with Crippen LogP contribution in [0, 0.1) is 0 Å². The largest absolute Gasteiger partial charge is 0.493 e. The second-order valence-electron chi connectivity index (χ2n) is 6.07. The van der Waals surface area contributed by atoms with E-state index in [9.17, 15) is 0 Å². The van der Waals surface area contributed by atoms with Gasteiger partial charge in [-0.25, -0.2) is 4.57 Å². The van der Waals surface area contributed by atoms with Gasteiger partial charge in [0, 0.05) is 18.0 Å². The minimum absolute atomic E-state index is 0.674. The van der Waals surface area contributed by atoms with E-state index in [1.165, 1.54) is 0 Å². The Bertz CT molecular complexity index is 1040. The summed E-state index contributed by atoms with van der Waals surface area (Å²) in [5.41, 5.74) is 2.05. The molecule has 0 aliphatic rings. The first kappa shape index (κ1) is 23.4. The van der Waals surface area contributed by atoms with E-state index in [1.54, 1.807) is 28.4 Å². The molecule has 0 radical (unpaired) electrons. The van der Waals surface area contributed by atoms with Crippen LogP contribution in [0.1, 0.15) is 11.3 Å². The lowest BCUT2D eigenvalue weighted by Gasteiger charge is -2.12. The van der Waals surface area contributed by atoms with Crippen LogP contribution in [-0.4, -0.2) is 48.1 Å². The highest BCUT2D eigenvalue weighted by atomic mass is 31.2. The fraction of sp³-hybridized carbons (Fsp3) is 0.250. The molecule has 1 aromatic heterocycles. The minimum Gasteiger partial charge on any atom is -0.493 e. The van der Waals surface area contributed by atoms with E-state index in [0.717, 1.165) is 22.0 Å². The fourth-order valence-corrected chi connectivity index (χ4v) is 2.88. The molecule has 1 heterocycles. The highest BCUT2D eigenvalue weighted by Crippen LogP contribution is 2.34. The molecular formula is C20H24NO8P. The van der Waals surface area contributed by atoms with Crippen molar-refractivity contribution >= 4 is 18.6 Å². The first-order valence-corrected chi connectivity index (χ1v) is 10.3. The lowest BCUT2D eigenvalue weighted by molar-refractivity contribution is 0.275. The van der Waals surface area contributed by atoms with Gasteiger partial charge in [-0.15, -0.1) is 0 Å². The molecule has 0 saturated heterocycles. The van der Waals surface area contributed by atoms with Gasteiger partial charge in [-0.3, -0.25) is 4.98 Å². The van der Waals surface area contributed by atoms with Gasteiger partial charge in [0.15, 0.2) is 23.0 Å². The number of phosphoric acid groups is 1. The van der Waals surface area contributed by atoms with Crippen LogP contribution in [0.4, 0.5) is 0 Å². The molecule has 0 atom stereocenters. The molecule has 162 valence electrons. The average molecular weight is 437 g/mol. The maximum Gasteiger partial charge on any atom is 0.466 e. The average Bonchev–Trinajstić information content (AvgIpc) is 2.71. The first-order chi connectivity index (χ1) is 14.2. The molecule has 3 aromatic rings. The molecular weight excluding hydrogens is 413 g/mol.